The van der Waals surface area contributed by atoms with E-state index in [9.17, 15) is 4.79 Å². The predicted octanol–water partition coefficient (Wildman–Crippen LogP) is 3.64. The van der Waals surface area contributed by atoms with Gasteiger partial charge in [-0.25, -0.2) is 9.97 Å². The largest absolute Gasteiger partial charge is 0.334 e. The molecule has 1 saturated carbocycles. The van der Waals surface area contributed by atoms with Crippen LogP contribution in [-0.2, 0) is 4.79 Å². The van der Waals surface area contributed by atoms with Crippen LogP contribution in [0.1, 0.15) is 75.9 Å². The van der Waals surface area contributed by atoms with Gasteiger partial charge >= 0.3 is 0 Å². The number of carbonyl (C=O) groups is 1. The van der Waals surface area contributed by atoms with Crippen LogP contribution < -0.4 is 0 Å². The molecule has 1 atom stereocenters. The van der Waals surface area contributed by atoms with Gasteiger partial charge in [0.15, 0.2) is 5.82 Å². The van der Waals surface area contributed by atoms with Gasteiger partial charge in [-0.2, -0.15) is 0 Å². The van der Waals surface area contributed by atoms with Gasteiger partial charge in [0.25, 0.3) is 0 Å². The summed E-state index contributed by atoms with van der Waals surface area (Å²) >= 11 is 0. The average molecular weight is 353 g/mol. The molecule has 1 aliphatic heterocycles. The molecule has 4 rings (SSSR count). The van der Waals surface area contributed by atoms with Crippen molar-refractivity contribution in [3.05, 3.63) is 36.3 Å². The van der Waals surface area contributed by atoms with Crippen LogP contribution >= 0.6 is 0 Å². The van der Waals surface area contributed by atoms with Gasteiger partial charge < -0.3 is 4.90 Å². The molecular weight excluding hydrogens is 326 g/mol. The van der Waals surface area contributed by atoms with Crippen molar-refractivity contribution >= 4 is 5.91 Å². The van der Waals surface area contributed by atoms with E-state index in [1.165, 1.54) is 12.8 Å². The molecule has 0 spiro atoms. The Balaban J connectivity index is 1.61. The number of nitrogens with zero attached hydrogens (tertiary/aromatic N) is 5. The Morgan fingerprint density at radius 1 is 1.15 bits per heavy atom. The SMILES string of the molecule is CC(C)c1nccn1-c1cncc([C@H]2CCCN2C(=O)C2CCCC2)n1. The van der Waals surface area contributed by atoms with Crippen LogP contribution in [0.3, 0.4) is 0 Å². The van der Waals surface area contributed by atoms with E-state index < -0.39 is 0 Å². The van der Waals surface area contributed by atoms with Crippen molar-refractivity contribution in [1.29, 1.82) is 0 Å². The number of carbonyl (C=O) groups excluding carboxylic acids is 1. The van der Waals surface area contributed by atoms with Crippen LogP contribution in [0, 0.1) is 5.92 Å². The fraction of sp³-hybridized carbons (Fsp3) is 0.600. The number of aromatic nitrogens is 4. The molecule has 0 aromatic carbocycles. The molecule has 1 saturated heterocycles. The molecule has 0 unspecified atom stereocenters. The number of rotatable bonds is 4. The van der Waals surface area contributed by atoms with Gasteiger partial charge in [0, 0.05) is 30.8 Å². The van der Waals surface area contributed by atoms with E-state index in [1.54, 1.807) is 12.4 Å². The summed E-state index contributed by atoms with van der Waals surface area (Å²) in [4.78, 5) is 28.7. The smallest absolute Gasteiger partial charge is 0.226 e. The maximum atomic E-state index is 13.0. The molecule has 2 aromatic rings. The Morgan fingerprint density at radius 2 is 1.96 bits per heavy atom. The lowest BCUT2D eigenvalue weighted by Gasteiger charge is -2.27. The average Bonchev–Trinajstić information content (AvgIpc) is 3.42. The highest BCUT2D eigenvalue weighted by Crippen LogP contribution is 2.35. The predicted molar refractivity (Wildman–Crippen MR) is 98.9 cm³/mol. The van der Waals surface area contributed by atoms with Gasteiger partial charge in [-0.1, -0.05) is 26.7 Å². The molecule has 26 heavy (non-hydrogen) atoms. The fourth-order valence-electron chi connectivity index (χ4n) is 4.33. The lowest BCUT2D eigenvalue weighted by atomic mass is 10.1. The quantitative estimate of drug-likeness (QED) is 0.842. The Hall–Kier alpha value is -2.24. The van der Waals surface area contributed by atoms with E-state index in [4.69, 9.17) is 4.98 Å². The minimum absolute atomic E-state index is 0.0570. The van der Waals surface area contributed by atoms with Gasteiger partial charge in [0.05, 0.1) is 24.1 Å². The molecule has 1 amide bonds. The number of hydrogen-bond acceptors (Lipinski definition) is 4. The Morgan fingerprint density at radius 3 is 2.73 bits per heavy atom. The molecule has 2 aliphatic rings. The van der Waals surface area contributed by atoms with Crippen molar-refractivity contribution in [1.82, 2.24) is 24.4 Å². The zero-order valence-electron chi connectivity index (χ0n) is 15.6. The third kappa shape index (κ3) is 3.13. The zero-order chi connectivity index (χ0) is 18.1. The fourth-order valence-corrected chi connectivity index (χ4v) is 4.33. The molecule has 2 fully saturated rings. The first-order chi connectivity index (χ1) is 12.6. The van der Waals surface area contributed by atoms with Gasteiger partial charge in [-0.05, 0) is 25.7 Å². The van der Waals surface area contributed by atoms with Crippen molar-refractivity contribution in [2.45, 2.75) is 64.3 Å². The summed E-state index contributed by atoms with van der Waals surface area (Å²) in [7, 11) is 0. The van der Waals surface area contributed by atoms with Crippen LogP contribution in [0.15, 0.2) is 24.8 Å². The number of amides is 1. The lowest BCUT2D eigenvalue weighted by molar-refractivity contribution is -0.136. The summed E-state index contributed by atoms with van der Waals surface area (Å²) in [5.74, 6) is 2.60. The number of hydrogen-bond donors (Lipinski definition) is 0. The molecule has 0 radical (unpaired) electrons. The maximum Gasteiger partial charge on any atom is 0.226 e. The van der Waals surface area contributed by atoms with Gasteiger partial charge in [0.1, 0.15) is 5.82 Å². The molecule has 6 nitrogen and oxygen atoms in total. The summed E-state index contributed by atoms with van der Waals surface area (Å²) in [5, 5.41) is 0. The molecule has 138 valence electrons. The van der Waals surface area contributed by atoms with Crippen LogP contribution in [0.5, 0.6) is 0 Å². The second-order valence-corrected chi connectivity index (χ2v) is 7.78. The zero-order valence-corrected chi connectivity index (χ0v) is 15.6. The summed E-state index contributed by atoms with van der Waals surface area (Å²) in [6.45, 7) is 5.08. The monoisotopic (exact) mass is 353 g/mol. The van der Waals surface area contributed by atoms with E-state index in [1.807, 2.05) is 17.0 Å². The third-order valence-corrected chi connectivity index (χ3v) is 5.65. The molecule has 6 heteroatoms. The van der Waals surface area contributed by atoms with Crippen molar-refractivity contribution in [2.24, 2.45) is 5.92 Å². The first-order valence-electron chi connectivity index (χ1n) is 9.81. The van der Waals surface area contributed by atoms with Crippen molar-refractivity contribution in [3.63, 3.8) is 0 Å². The molecule has 0 N–H and O–H groups in total. The molecule has 0 bridgehead atoms. The van der Waals surface area contributed by atoms with E-state index in [0.29, 0.717) is 11.8 Å². The highest BCUT2D eigenvalue weighted by molar-refractivity contribution is 5.79. The Kier molecular flexibility index (Phi) is 4.74. The molecule has 2 aromatic heterocycles. The topological polar surface area (TPSA) is 63.9 Å². The minimum Gasteiger partial charge on any atom is -0.334 e. The van der Waals surface area contributed by atoms with Gasteiger partial charge in [-0.3, -0.25) is 14.3 Å². The highest BCUT2D eigenvalue weighted by atomic mass is 16.2. The van der Waals surface area contributed by atoms with E-state index in [-0.39, 0.29) is 12.0 Å². The van der Waals surface area contributed by atoms with E-state index >= 15 is 0 Å². The van der Waals surface area contributed by atoms with Crippen LogP contribution in [-0.4, -0.2) is 36.9 Å². The Labute approximate surface area is 154 Å². The summed E-state index contributed by atoms with van der Waals surface area (Å²) < 4.78 is 2.00. The number of imidazole rings is 1. The molecule has 1 aliphatic carbocycles. The van der Waals surface area contributed by atoms with Crippen molar-refractivity contribution in [3.8, 4) is 5.82 Å². The first kappa shape index (κ1) is 17.2. The standard InChI is InChI=1S/C20H27N5O/c1-14(2)19-22-9-11-25(19)18-13-21-12-16(23-18)17-8-5-10-24(17)20(26)15-6-3-4-7-15/h9,11-15,17H,3-8,10H2,1-2H3/t17-/m1/s1. The van der Waals surface area contributed by atoms with Crippen LogP contribution in [0.25, 0.3) is 5.82 Å². The second-order valence-electron chi connectivity index (χ2n) is 7.78. The Bertz CT molecular complexity index is 778. The summed E-state index contributed by atoms with van der Waals surface area (Å²) in [5.41, 5.74) is 0.898. The van der Waals surface area contributed by atoms with E-state index in [0.717, 1.165) is 49.6 Å². The summed E-state index contributed by atoms with van der Waals surface area (Å²) in [6, 6.07) is 0.0570. The van der Waals surface area contributed by atoms with Crippen LogP contribution in [0.2, 0.25) is 0 Å². The molecule has 3 heterocycles. The minimum atomic E-state index is 0.0570. The second kappa shape index (κ2) is 7.17. The molecular formula is C20H27N5O. The maximum absolute atomic E-state index is 13.0. The van der Waals surface area contributed by atoms with E-state index in [2.05, 4.69) is 28.7 Å². The highest BCUT2D eigenvalue weighted by Gasteiger charge is 2.35. The summed E-state index contributed by atoms with van der Waals surface area (Å²) in [6.07, 6.45) is 13.8. The first-order valence-corrected chi connectivity index (χ1v) is 9.81. The van der Waals surface area contributed by atoms with Crippen molar-refractivity contribution in [2.75, 3.05) is 6.54 Å². The third-order valence-electron chi connectivity index (χ3n) is 5.65. The van der Waals surface area contributed by atoms with Crippen LogP contribution in [0.4, 0.5) is 0 Å². The number of likely N-dealkylation sites (tertiary alicyclic amines) is 1. The van der Waals surface area contributed by atoms with Gasteiger partial charge in [-0.15, -0.1) is 0 Å². The lowest BCUT2D eigenvalue weighted by Crippen LogP contribution is -2.35. The van der Waals surface area contributed by atoms with Crippen molar-refractivity contribution < 1.29 is 4.79 Å². The normalized spacial score (nSPS) is 21.0. The van der Waals surface area contributed by atoms with Gasteiger partial charge in [0.2, 0.25) is 5.91 Å².